The molecule has 2 aromatic heterocycles. The van der Waals surface area contributed by atoms with E-state index in [1.54, 1.807) is 12.3 Å². The van der Waals surface area contributed by atoms with E-state index in [2.05, 4.69) is 15.3 Å². The number of hydrogen-bond acceptors (Lipinski definition) is 4. The number of aromatic amines is 1. The van der Waals surface area contributed by atoms with E-state index in [1.165, 1.54) is 0 Å². The zero-order valence-corrected chi connectivity index (χ0v) is 9.10. The first-order valence-corrected chi connectivity index (χ1v) is 4.99. The molecule has 0 aromatic carbocycles. The Hall–Kier alpha value is -1.62. The molecule has 2 heterocycles. The summed E-state index contributed by atoms with van der Waals surface area (Å²) in [5.41, 5.74) is 0. The third-order valence-electron chi connectivity index (χ3n) is 1.89. The van der Waals surface area contributed by atoms with Gasteiger partial charge in [-0.05, 0) is 19.1 Å². The van der Waals surface area contributed by atoms with Crippen LogP contribution in [0.2, 0.25) is 0 Å². The quantitative estimate of drug-likeness (QED) is 0.782. The summed E-state index contributed by atoms with van der Waals surface area (Å²) in [6.07, 6.45) is 1.65. The third-order valence-corrected chi connectivity index (χ3v) is 2.10. The van der Waals surface area contributed by atoms with Gasteiger partial charge < -0.3 is 14.7 Å². The summed E-state index contributed by atoms with van der Waals surface area (Å²) in [6, 6.07) is 5.55. The van der Waals surface area contributed by atoms with Crippen molar-refractivity contribution in [1.29, 1.82) is 0 Å². The number of anilines is 1. The van der Waals surface area contributed by atoms with Crippen molar-refractivity contribution in [3.8, 4) is 0 Å². The summed E-state index contributed by atoms with van der Waals surface area (Å²) in [5, 5.41) is 3.17. The van der Waals surface area contributed by atoms with Gasteiger partial charge in [-0.25, -0.2) is 4.98 Å². The average Bonchev–Trinajstić information content (AvgIpc) is 2.65. The van der Waals surface area contributed by atoms with Crippen molar-refractivity contribution in [2.45, 2.75) is 13.5 Å². The van der Waals surface area contributed by atoms with Gasteiger partial charge in [-0.1, -0.05) is 12.2 Å². The average molecular weight is 221 g/mol. The van der Waals surface area contributed by atoms with Gasteiger partial charge in [-0.2, -0.15) is 0 Å². The molecule has 4 nitrogen and oxygen atoms in total. The second-order valence-electron chi connectivity index (χ2n) is 3.15. The maximum atomic E-state index is 5.20. The number of furan rings is 1. The van der Waals surface area contributed by atoms with Crippen LogP contribution < -0.4 is 5.32 Å². The molecule has 0 spiro atoms. The molecule has 0 unspecified atom stereocenters. The van der Waals surface area contributed by atoms with Gasteiger partial charge in [0.1, 0.15) is 22.0 Å². The van der Waals surface area contributed by atoms with Gasteiger partial charge in [0.25, 0.3) is 0 Å². The lowest BCUT2D eigenvalue weighted by Crippen LogP contribution is -2.02. The van der Waals surface area contributed by atoms with Crippen LogP contribution in [0, 0.1) is 11.6 Å². The fourth-order valence-electron chi connectivity index (χ4n) is 1.27. The van der Waals surface area contributed by atoms with Crippen LogP contribution in [0.15, 0.2) is 28.9 Å². The molecule has 15 heavy (non-hydrogen) atoms. The molecule has 2 N–H and O–H groups in total. The highest BCUT2D eigenvalue weighted by atomic mass is 32.1. The van der Waals surface area contributed by atoms with Gasteiger partial charge in [-0.3, -0.25) is 0 Å². The lowest BCUT2D eigenvalue weighted by atomic mass is 10.4. The van der Waals surface area contributed by atoms with E-state index in [4.69, 9.17) is 16.6 Å². The summed E-state index contributed by atoms with van der Waals surface area (Å²) >= 11 is 5.01. The number of nitrogens with one attached hydrogen (secondary N) is 2. The highest BCUT2D eigenvalue weighted by Crippen LogP contribution is 2.06. The second kappa shape index (κ2) is 4.27. The van der Waals surface area contributed by atoms with E-state index in [0.29, 0.717) is 11.2 Å². The van der Waals surface area contributed by atoms with Crippen molar-refractivity contribution in [2.24, 2.45) is 0 Å². The number of hydrogen-bond donors (Lipinski definition) is 2. The minimum Gasteiger partial charge on any atom is -0.467 e. The third kappa shape index (κ3) is 2.66. The fourth-order valence-corrected chi connectivity index (χ4v) is 1.53. The Kier molecular flexibility index (Phi) is 2.82. The van der Waals surface area contributed by atoms with Crippen molar-refractivity contribution in [1.82, 2.24) is 9.97 Å². The summed E-state index contributed by atoms with van der Waals surface area (Å²) in [5.74, 6) is 2.53. The molecule has 2 rings (SSSR count). The minimum atomic E-state index is 0.577. The lowest BCUT2D eigenvalue weighted by molar-refractivity contribution is 0.517. The van der Waals surface area contributed by atoms with Crippen LogP contribution in [0.3, 0.4) is 0 Å². The van der Waals surface area contributed by atoms with E-state index in [9.17, 15) is 0 Å². The molecule has 0 aliphatic heterocycles. The van der Waals surface area contributed by atoms with Gasteiger partial charge in [-0.15, -0.1) is 0 Å². The highest BCUT2D eigenvalue weighted by molar-refractivity contribution is 7.71. The Morgan fingerprint density at radius 2 is 2.47 bits per heavy atom. The predicted octanol–water partition coefficient (Wildman–Crippen LogP) is 2.65. The van der Waals surface area contributed by atoms with Crippen molar-refractivity contribution in [3.05, 3.63) is 40.7 Å². The molecule has 0 saturated carbocycles. The number of aryl methyl sites for hydroxylation is 1. The Balaban J connectivity index is 2.08. The van der Waals surface area contributed by atoms with Crippen molar-refractivity contribution < 1.29 is 4.42 Å². The van der Waals surface area contributed by atoms with Gasteiger partial charge in [0.05, 0.1) is 12.8 Å². The summed E-state index contributed by atoms with van der Waals surface area (Å²) in [4.78, 5) is 7.16. The van der Waals surface area contributed by atoms with Gasteiger partial charge >= 0.3 is 0 Å². The normalized spacial score (nSPS) is 10.2. The molecular formula is C10H11N3OS. The van der Waals surface area contributed by atoms with Crippen LogP contribution in [0.25, 0.3) is 0 Å². The fraction of sp³-hybridized carbons (Fsp3) is 0.200. The molecule has 0 bridgehead atoms. The summed E-state index contributed by atoms with van der Waals surface area (Å²) in [6.45, 7) is 2.50. The molecule has 0 radical (unpaired) electrons. The predicted molar refractivity (Wildman–Crippen MR) is 60.2 cm³/mol. The van der Waals surface area contributed by atoms with Gasteiger partial charge in [0.2, 0.25) is 0 Å². The Labute approximate surface area is 92.4 Å². The topological polar surface area (TPSA) is 53.9 Å². The van der Waals surface area contributed by atoms with Crippen LogP contribution in [0.1, 0.15) is 11.6 Å². The van der Waals surface area contributed by atoms with Gasteiger partial charge in [0, 0.05) is 6.07 Å². The Morgan fingerprint density at radius 3 is 3.13 bits per heavy atom. The molecular weight excluding hydrogens is 210 g/mol. The SMILES string of the molecule is Cc1nc(=S)cc(NCc2ccco2)[nH]1. The van der Waals surface area contributed by atoms with Crippen molar-refractivity contribution in [2.75, 3.05) is 5.32 Å². The minimum absolute atomic E-state index is 0.577. The molecule has 0 aliphatic carbocycles. The first-order chi connectivity index (χ1) is 7.24. The molecule has 0 atom stereocenters. The molecule has 0 amide bonds. The smallest absolute Gasteiger partial charge is 0.131 e. The summed E-state index contributed by atoms with van der Waals surface area (Å²) < 4.78 is 5.77. The summed E-state index contributed by atoms with van der Waals surface area (Å²) in [7, 11) is 0. The van der Waals surface area contributed by atoms with E-state index >= 15 is 0 Å². The number of nitrogens with zero attached hydrogens (tertiary/aromatic N) is 1. The highest BCUT2D eigenvalue weighted by Gasteiger charge is 1.97. The first-order valence-electron chi connectivity index (χ1n) is 4.58. The Bertz CT molecular complexity index is 490. The van der Waals surface area contributed by atoms with E-state index in [1.807, 2.05) is 19.1 Å². The number of rotatable bonds is 3. The second-order valence-corrected chi connectivity index (χ2v) is 3.57. The maximum absolute atomic E-state index is 5.20. The zero-order valence-electron chi connectivity index (χ0n) is 8.28. The van der Waals surface area contributed by atoms with E-state index < -0.39 is 0 Å². The van der Waals surface area contributed by atoms with E-state index in [0.717, 1.165) is 17.4 Å². The Morgan fingerprint density at radius 1 is 1.60 bits per heavy atom. The van der Waals surface area contributed by atoms with Crippen molar-refractivity contribution in [3.63, 3.8) is 0 Å². The standard InChI is InChI=1S/C10H11N3OS/c1-7-12-9(5-10(15)13-7)11-6-8-3-2-4-14-8/h2-5H,6H2,1H3,(H2,11,12,13,15). The number of H-pyrrole nitrogens is 1. The molecule has 0 fully saturated rings. The molecule has 0 aliphatic rings. The maximum Gasteiger partial charge on any atom is 0.131 e. The molecule has 0 saturated heterocycles. The van der Waals surface area contributed by atoms with E-state index in [-0.39, 0.29) is 0 Å². The largest absolute Gasteiger partial charge is 0.467 e. The van der Waals surface area contributed by atoms with Crippen molar-refractivity contribution >= 4 is 18.0 Å². The van der Waals surface area contributed by atoms with Crippen LogP contribution in [0.4, 0.5) is 5.82 Å². The molecule has 78 valence electrons. The van der Waals surface area contributed by atoms with Crippen LogP contribution >= 0.6 is 12.2 Å². The monoisotopic (exact) mass is 221 g/mol. The zero-order chi connectivity index (χ0) is 10.7. The van der Waals surface area contributed by atoms with Crippen LogP contribution in [-0.4, -0.2) is 9.97 Å². The number of aromatic nitrogens is 2. The van der Waals surface area contributed by atoms with Gasteiger partial charge in [0.15, 0.2) is 0 Å². The lowest BCUT2D eigenvalue weighted by Gasteiger charge is -2.04. The van der Waals surface area contributed by atoms with Crippen LogP contribution in [0.5, 0.6) is 0 Å². The first kappa shape index (κ1) is 9.92. The molecule has 2 aromatic rings. The van der Waals surface area contributed by atoms with Crippen LogP contribution in [-0.2, 0) is 6.54 Å². The molecule has 5 heteroatoms.